The van der Waals surface area contributed by atoms with Gasteiger partial charge in [-0.15, -0.1) is 0 Å². The Morgan fingerprint density at radius 1 is 1.29 bits per heavy atom. The molecule has 1 aromatic rings. The molecule has 5 heteroatoms. The van der Waals surface area contributed by atoms with Crippen LogP contribution in [-0.2, 0) is 6.42 Å². The van der Waals surface area contributed by atoms with Crippen molar-refractivity contribution in [1.29, 1.82) is 0 Å². The number of hydrogen-bond donors (Lipinski definition) is 3. The average molecular weight is 238 g/mol. The van der Waals surface area contributed by atoms with Crippen LogP contribution in [0.4, 0.5) is 11.6 Å². The van der Waals surface area contributed by atoms with E-state index in [2.05, 4.69) is 20.6 Å². The molecule has 1 heterocycles. The molecule has 5 nitrogen and oxygen atoms in total. The van der Waals surface area contributed by atoms with E-state index in [1.165, 1.54) is 0 Å². The van der Waals surface area contributed by atoms with Crippen LogP contribution in [0, 0.1) is 0 Å². The van der Waals surface area contributed by atoms with E-state index in [0.717, 1.165) is 30.3 Å². The summed E-state index contributed by atoms with van der Waals surface area (Å²) in [6.07, 6.45) is 1.61. The number of aryl methyl sites for hydroxylation is 1. The summed E-state index contributed by atoms with van der Waals surface area (Å²) in [7, 11) is 1.83. The van der Waals surface area contributed by atoms with Crippen molar-refractivity contribution in [2.75, 3.05) is 24.3 Å². The summed E-state index contributed by atoms with van der Waals surface area (Å²) in [5.74, 6) is 2.33. The maximum absolute atomic E-state index is 9.38. The number of rotatable bonds is 6. The first-order valence-corrected chi connectivity index (χ1v) is 6.01. The summed E-state index contributed by atoms with van der Waals surface area (Å²) in [5, 5.41) is 15.7. The molecule has 1 unspecified atom stereocenters. The van der Waals surface area contributed by atoms with E-state index in [4.69, 9.17) is 0 Å². The SMILES string of the molecule is CCc1nc(NC)cc(NC(C)(CC)CO)n1. The first kappa shape index (κ1) is 13.7. The molecular weight excluding hydrogens is 216 g/mol. The molecule has 1 atom stereocenters. The fraction of sp³-hybridized carbons (Fsp3) is 0.667. The molecule has 0 aliphatic carbocycles. The molecule has 0 saturated heterocycles. The quantitative estimate of drug-likeness (QED) is 0.703. The van der Waals surface area contributed by atoms with Crippen LogP contribution in [-0.4, -0.2) is 34.3 Å². The van der Waals surface area contributed by atoms with Crippen molar-refractivity contribution >= 4 is 11.6 Å². The number of aliphatic hydroxyl groups excluding tert-OH is 1. The zero-order valence-electron chi connectivity index (χ0n) is 11.0. The van der Waals surface area contributed by atoms with Gasteiger partial charge in [0.2, 0.25) is 0 Å². The van der Waals surface area contributed by atoms with Gasteiger partial charge in [0.15, 0.2) is 0 Å². The van der Waals surface area contributed by atoms with Crippen LogP contribution in [0.25, 0.3) is 0 Å². The number of aliphatic hydroxyl groups is 1. The number of anilines is 2. The van der Waals surface area contributed by atoms with E-state index < -0.39 is 0 Å². The van der Waals surface area contributed by atoms with Crippen molar-refractivity contribution in [1.82, 2.24) is 9.97 Å². The Balaban J connectivity index is 2.97. The van der Waals surface area contributed by atoms with E-state index in [-0.39, 0.29) is 12.1 Å². The van der Waals surface area contributed by atoms with Gasteiger partial charge in [-0.1, -0.05) is 13.8 Å². The third-order valence-corrected chi connectivity index (χ3v) is 2.90. The third-order valence-electron chi connectivity index (χ3n) is 2.90. The van der Waals surface area contributed by atoms with Gasteiger partial charge in [-0.3, -0.25) is 0 Å². The highest BCUT2D eigenvalue weighted by atomic mass is 16.3. The minimum absolute atomic E-state index is 0.0733. The smallest absolute Gasteiger partial charge is 0.132 e. The molecule has 0 bridgehead atoms. The predicted molar refractivity (Wildman–Crippen MR) is 70.4 cm³/mol. The lowest BCUT2D eigenvalue weighted by Gasteiger charge is -2.28. The van der Waals surface area contributed by atoms with E-state index >= 15 is 0 Å². The molecule has 0 radical (unpaired) electrons. The number of aromatic nitrogens is 2. The second-order valence-electron chi connectivity index (χ2n) is 4.36. The largest absolute Gasteiger partial charge is 0.394 e. The maximum Gasteiger partial charge on any atom is 0.132 e. The van der Waals surface area contributed by atoms with Gasteiger partial charge >= 0.3 is 0 Å². The van der Waals surface area contributed by atoms with Gasteiger partial charge < -0.3 is 15.7 Å². The van der Waals surface area contributed by atoms with Crippen molar-refractivity contribution < 1.29 is 5.11 Å². The Hall–Kier alpha value is -1.36. The first-order chi connectivity index (χ1) is 8.06. The Bertz CT molecular complexity index is 341. The molecule has 0 amide bonds. The Morgan fingerprint density at radius 2 is 1.94 bits per heavy atom. The molecule has 0 aromatic carbocycles. The lowest BCUT2D eigenvalue weighted by atomic mass is 10.0. The fourth-order valence-electron chi connectivity index (χ4n) is 1.40. The van der Waals surface area contributed by atoms with E-state index in [1.54, 1.807) is 0 Å². The van der Waals surface area contributed by atoms with Crippen LogP contribution in [0.1, 0.15) is 33.0 Å². The molecule has 0 spiro atoms. The van der Waals surface area contributed by atoms with Crippen LogP contribution >= 0.6 is 0 Å². The zero-order valence-corrected chi connectivity index (χ0v) is 11.0. The van der Waals surface area contributed by atoms with Gasteiger partial charge in [0.1, 0.15) is 17.5 Å². The molecule has 0 saturated carbocycles. The summed E-state index contributed by atoms with van der Waals surface area (Å²) in [6, 6.07) is 1.85. The molecule has 0 fully saturated rings. The summed E-state index contributed by atoms with van der Waals surface area (Å²) < 4.78 is 0. The van der Waals surface area contributed by atoms with Crippen molar-refractivity contribution in [3.8, 4) is 0 Å². The number of nitrogens with zero attached hydrogens (tertiary/aromatic N) is 2. The van der Waals surface area contributed by atoms with Crippen molar-refractivity contribution in [3.63, 3.8) is 0 Å². The number of hydrogen-bond acceptors (Lipinski definition) is 5. The maximum atomic E-state index is 9.38. The summed E-state index contributed by atoms with van der Waals surface area (Å²) in [6.45, 7) is 6.09. The first-order valence-electron chi connectivity index (χ1n) is 6.01. The Kier molecular flexibility index (Phi) is 4.69. The van der Waals surface area contributed by atoms with Crippen LogP contribution in [0.2, 0.25) is 0 Å². The van der Waals surface area contributed by atoms with Crippen molar-refractivity contribution in [2.45, 2.75) is 39.2 Å². The summed E-state index contributed by atoms with van der Waals surface area (Å²) in [5.41, 5.74) is -0.343. The van der Waals surface area contributed by atoms with Gasteiger partial charge in [0, 0.05) is 19.5 Å². The zero-order chi connectivity index (χ0) is 12.9. The molecule has 0 aliphatic rings. The monoisotopic (exact) mass is 238 g/mol. The summed E-state index contributed by atoms with van der Waals surface area (Å²) in [4.78, 5) is 8.73. The minimum Gasteiger partial charge on any atom is -0.394 e. The van der Waals surface area contributed by atoms with E-state index in [0.29, 0.717) is 0 Å². The van der Waals surface area contributed by atoms with Gasteiger partial charge in [-0.25, -0.2) is 9.97 Å². The van der Waals surface area contributed by atoms with Gasteiger partial charge in [-0.2, -0.15) is 0 Å². The van der Waals surface area contributed by atoms with Crippen LogP contribution in [0.3, 0.4) is 0 Å². The van der Waals surface area contributed by atoms with Gasteiger partial charge in [0.25, 0.3) is 0 Å². The normalized spacial score (nSPS) is 14.2. The Morgan fingerprint density at radius 3 is 2.41 bits per heavy atom. The molecule has 3 N–H and O–H groups in total. The highest BCUT2D eigenvalue weighted by Crippen LogP contribution is 2.18. The van der Waals surface area contributed by atoms with Crippen molar-refractivity contribution in [2.24, 2.45) is 0 Å². The van der Waals surface area contributed by atoms with E-state index in [9.17, 15) is 5.11 Å². The fourth-order valence-corrected chi connectivity index (χ4v) is 1.40. The minimum atomic E-state index is -0.343. The highest BCUT2D eigenvalue weighted by Gasteiger charge is 2.21. The second-order valence-corrected chi connectivity index (χ2v) is 4.36. The molecule has 1 aromatic heterocycles. The lowest BCUT2D eigenvalue weighted by Crippen LogP contribution is -2.38. The highest BCUT2D eigenvalue weighted by molar-refractivity contribution is 5.48. The molecule has 17 heavy (non-hydrogen) atoms. The topological polar surface area (TPSA) is 70.1 Å². The van der Waals surface area contributed by atoms with Crippen molar-refractivity contribution in [3.05, 3.63) is 11.9 Å². The van der Waals surface area contributed by atoms with Gasteiger partial charge in [0.05, 0.1) is 12.1 Å². The third kappa shape index (κ3) is 3.56. The van der Waals surface area contributed by atoms with Gasteiger partial charge in [-0.05, 0) is 13.3 Å². The van der Waals surface area contributed by atoms with Crippen LogP contribution in [0.5, 0.6) is 0 Å². The predicted octanol–water partition coefficient (Wildman–Crippen LogP) is 1.65. The molecule has 1 rings (SSSR count). The standard InChI is InChI=1S/C12H22N4O/c1-5-9-14-10(13-4)7-11(15-9)16-12(3,6-2)8-17/h7,17H,5-6,8H2,1-4H3,(H2,13,14,15,16). The van der Waals surface area contributed by atoms with E-state index in [1.807, 2.05) is 33.9 Å². The average Bonchev–Trinajstić information content (AvgIpc) is 2.37. The lowest BCUT2D eigenvalue weighted by molar-refractivity contribution is 0.218. The molecule has 96 valence electrons. The Labute approximate surface area is 103 Å². The number of nitrogens with one attached hydrogen (secondary N) is 2. The van der Waals surface area contributed by atoms with Crippen LogP contribution in [0.15, 0.2) is 6.07 Å². The second kappa shape index (κ2) is 5.82. The molecule has 0 aliphatic heterocycles. The molecular formula is C12H22N4O. The van der Waals surface area contributed by atoms with Crippen LogP contribution < -0.4 is 10.6 Å². The summed E-state index contributed by atoms with van der Waals surface area (Å²) >= 11 is 0.